The maximum atomic E-state index is 9.78. The van der Waals surface area contributed by atoms with Crippen LogP contribution in [-0.2, 0) is 16.0 Å². The Bertz CT molecular complexity index is 330. The Hall–Kier alpha value is -2.15. The molecule has 1 rings (SSSR count). The number of carboxylic acid groups (broad SMARTS) is 1. The Morgan fingerprint density at radius 1 is 1.50 bits per heavy atom. The number of nitrogens with one attached hydrogen (secondary N) is 1. The highest BCUT2D eigenvalue weighted by atomic mass is 16.4. The summed E-state index contributed by atoms with van der Waals surface area (Å²) in [6, 6.07) is 0. The maximum absolute atomic E-state index is 9.78. The summed E-state index contributed by atoms with van der Waals surface area (Å²) in [6.07, 6.45) is 5.79. The van der Waals surface area contributed by atoms with E-state index in [9.17, 15) is 9.59 Å². The Balaban J connectivity index is 0.000000281. The molecule has 1 heterocycles. The van der Waals surface area contributed by atoms with Crippen LogP contribution in [0.1, 0.15) is 5.69 Å². The number of carbonyl (C=O) groups is 2. The average molecular weight is 226 g/mol. The van der Waals surface area contributed by atoms with Crippen molar-refractivity contribution in [3.8, 4) is 0 Å². The molecule has 0 radical (unpaired) electrons. The summed E-state index contributed by atoms with van der Waals surface area (Å²) in [5.74, 6) is -1.93. The minimum Gasteiger partial charge on any atom is -0.478 e. The molecule has 0 aliphatic rings. The van der Waals surface area contributed by atoms with Gasteiger partial charge < -0.3 is 21.6 Å². The molecular formula is C9H14N4O3. The summed E-state index contributed by atoms with van der Waals surface area (Å²) in [4.78, 5) is 26.2. The zero-order valence-corrected chi connectivity index (χ0v) is 8.59. The number of aromatic amines is 1. The SMILES string of the molecule is NC(=O)/C=C\C(=O)O.NCCc1cnc[nH]1. The molecule has 88 valence electrons. The second-order valence-electron chi connectivity index (χ2n) is 2.69. The number of imidazole rings is 1. The lowest BCUT2D eigenvalue weighted by molar-refractivity contribution is -0.131. The fraction of sp³-hybridized carbons (Fsp3) is 0.222. The molecule has 0 aromatic carbocycles. The van der Waals surface area contributed by atoms with Gasteiger partial charge in [0.25, 0.3) is 0 Å². The first kappa shape index (κ1) is 13.8. The van der Waals surface area contributed by atoms with Gasteiger partial charge in [0.15, 0.2) is 0 Å². The number of carboxylic acids is 1. The summed E-state index contributed by atoms with van der Waals surface area (Å²) < 4.78 is 0. The van der Waals surface area contributed by atoms with E-state index in [4.69, 9.17) is 10.8 Å². The zero-order chi connectivity index (χ0) is 12.4. The maximum Gasteiger partial charge on any atom is 0.328 e. The highest BCUT2D eigenvalue weighted by Crippen LogP contribution is 1.88. The van der Waals surface area contributed by atoms with Crippen LogP contribution in [0.25, 0.3) is 0 Å². The van der Waals surface area contributed by atoms with Crippen molar-refractivity contribution in [2.24, 2.45) is 11.5 Å². The van der Waals surface area contributed by atoms with E-state index >= 15 is 0 Å². The van der Waals surface area contributed by atoms with Crippen LogP contribution in [0.4, 0.5) is 0 Å². The molecular weight excluding hydrogens is 212 g/mol. The lowest BCUT2D eigenvalue weighted by atomic mass is 10.3. The van der Waals surface area contributed by atoms with Gasteiger partial charge in [-0.3, -0.25) is 4.79 Å². The van der Waals surface area contributed by atoms with Crippen molar-refractivity contribution < 1.29 is 14.7 Å². The van der Waals surface area contributed by atoms with Gasteiger partial charge in [-0.1, -0.05) is 0 Å². The quantitative estimate of drug-likeness (QED) is 0.489. The Kier molecular flexibility index (Phi) is 7.08. The van der Waals surface area contributed by atoms with Crippen LogP contribution in [0.3, 0.4) is 0 Å². The molecule has 0 bridgehead atoms. The van der Waals surface area contributed by atoms with Crippen molar-refractivity contribution in [2.45, 2.75) is 6.42 Å². The first-order valence-electron chi connectivity index (χ1n) is 4.44. The minimum atomic E-state index is -1.18. The number of H-pyrrole nitrogens is 1. The van der Waals surface area contributed by atoms with Gasteiger partial charge in [-0.05, 0) is 6.54 Å². The van der Waals surface area contributed by atoms with E-state index in [0.717, 1.165) is 18.2 Å². The lowest BCUT2D eigenvalue weighted by Crippen LogP contribution is -2.06. The summed E-state index contributed by atoms with van der Waals surface area (Å²) >= 11 is 0. The van der Waals surface area contributed by atoms with Gasteiger partial charge in [0.1, 0.15) is 0 Å². The van der Waals surface area contributed by atoms with E-state index in [0.29, 0.717) is 12.6 Å². The molecule has 1 amide bonds. The van der Waals surface area contributed by atoms with Crippen molar-refractivity contribution >= 4 is 11.9 Å². The molecule has 0 saturated carbocycles. The van der Waals surface area contributed by atoms with Crippen LogP contribution in [0, 0.1) is 0 Å². The Labute approximate surface area is 92.2 Å². The Morgan fingerprint density at radius 2 is 2.19 bits per heavy atom. The van der Waals surface area contributed by atoms with Gasteiger partial charge in [0, 0.05) is 30.5 Å². The molecule has 0 aliphatic carbocycles. The van der Waals surface area contributed by atoms with Crippen LogP contribution in [0.2, 0.25) is 0 Å². The van der Waals surface area contributed by atoms with E-state index in [1.807, 2.05) is 0 Å². The summed E-state index contributed by atoms with van der Waals surface area (Å²) in [5, 5.41) is 7.87. The zero-order valence-electron chi connectivity index (χ0n) is 8.59. The van der Waals surface area contributed by atoms with Gasteiger partial charge in [0.05, 0.1) is 6.33 Å². The molecule has 1 aromatic rings. The molecule has 7 nitrogen and oxygen atoms in total. The number of nitrogens with zero attached hydrogens (tertiary/aromatic N) is 1. The lowest BCUT2D eigenvalue weighted by Gasteiger charge is -1.86. The Morgan fingerprint density at radius 3 is 2.50 bits per heavy atom. The molecule has 6 N–H and O–H groups in total. The van der Waals surface area contributed by atoms with Crippen molar-refractivity contribution in [2.75, 3.05) is 6.54 Å². The molecule has 0 spiro atoms. The number of carbonyl (C=O) groups excluding carboxylic acids is 1. The molecule has 16 heavy (non-hydrogen) atoms. The molecule has 0 fully saturated rings. The first-order chi connectivity index (χ1) is 7.56. The minimum absolute atomic E-state index is 0.683. The number of rotatable bonds is 4. The number of amides is 1. The monoisotopic (exact) mass is 226 g/mol. The van der Waals surface area contributed by atoms with E-state index in [2.05, 4.69) is 15.7 Å². The predicted octanol–water partition coefficient (Wildman–Crippen LogP) is -0.977. The molecule has 7 heteroatoms. The first-order valence-corrected chi connectivity index (χ1v) is 4.44. The van der Waals surface area contributed by atoms with Gasteiger partial charge in [-0.25, -0.2) is 9.78 Å². The van der Waals surface area contributed by atoms with Crippen molar-refractivity contribution in [3.05, 3.63) is 30.4 Å². The summed E-state index contributed by atoms with van der Waals surface area (Å²) in [7, 11) is 0. The average Bonchev–Trinajstić information content (AvgIpc) is 2.69. The fourth-order valence-corrected chi connectivity index (χ4v) is 0.730. The van der Waals surface area contributed by atoms with Gasteiger partial charge in [-0.15, -0.1) is 0 Å². The molecule has 0 aliphatic heterocycles. The van der Waals surface area contributed by atoms with Crippen LogP contribution in [0.5, 0.6) is 0 Å². The number of aromatic nitrogens is 2. The second kappa shape index (κ2) is 8.18. The molecule has 0 atom stereocenters. The van der Waals surface area contributed by atoms with Gasteiger partial charge in [-0.2, -0.15) is 0 Å². The van der Waals surface area contributed by atoms with Gasteiger partial charge >= 0.3 is 5.97 Å². The molecule has 0 unspecified atom stereocenters. The number of aliphatic carboxylic acids is 1. The van der Waals surface area contributed by atoms with E-state index in [1.54, 1.807) is 12.5 Å². The number of nitrogens with two attached hydrogens (primary N) is 2. The molecule has 1 aromatic heterocycles. The summed E-state index contributed by atoms with van der Waals surface area (Å²) in [6.45, 7) is 0.683. The summed E-state index contributed by atoms with van der Waals surface area (Å²) in [5.41, 5.74) is 10.9. The third-order valence-corrected chi connectivity index (χ3v) is 1.36. The standard InChI is InChI=1S/C5H9N3.C4H5NO3/c6-2-1-5-3-7-4-8-5;5-3(6)1-2-4(7)8/h3-4H,1-2,6H2,(H,7,8);1-2H,(H2,5,6)(H,7,8)/b;2-1-. The van der Waals surface area contributed by atoms with E-state index < -0.39 is 11.9 Å². The molecule has 0 saturated heterocycles. The van der Waals surface area contributed by atoms with Crippen LogP contribution >= 0.6 is 0 Å². The van der Waals surface area contributed by atoms with Crippen molar-refractivity contribution in [3.63, 3.8) is 0 Å². The predicted molar refractivity (Wildman–Crippen MR) is 57.3 cm³/mol. The number of hydrogen-bond donors (Lipinski definition) is 4. The smallest absolute Gasteiger partial charge is 0.328 e. The third kappa shape index (κ3) is 8.45. The van der Waals surface area contributed by atoms with Crippen LogP contribution in [0.15, 0.2) is 24.7 Å². The number of hydrogen-bond acceptors (Lipinski definition) is 4. The highest BCUT2D eigenvalue weighted by molar-refractivity contribution is 5.92. The van der Waals surface area contributed by atoms with Crippen LogP contribution in [-0.4, -0.2) is 33.5 Å². The van der Waals surface area contributed by atoms with Crippen molar-refractivity contribution in [1.82, 2.24) is 9.97 Å². The second-order valence-corrected chi connectivity index (χ2v) is 2.69. The van der Waals surface area contributed by atoms with Gasteiger partial charge in [0.2, 0.25) is 5.91 Å². The fourth-order valence-electron chi connectivity index (χ4n) is 0.730. The topological polar surface area (TPSA) is 135 Å². The number of primary amides is 1. The normalized spacial score (nSPS) is 9.56. The van der Waals surface area contributed by atoms with Crippen molar-refractivity contribution in [1.29, 1.82) is 0 Å². The van der Waals surface area contributed by atoms with Crippen LogP contribution < -0.4 is 11.5 Å². The van der Waals surface area contributed by atoms with E-state index in [-0.39, 0.29) is 0 Å². The largest absolute Gasteiger partial charge is 0.478 e. The third-order valence-electron chi connectivity index (χ3n) is 1.36. The van der Waals surface area contributed by atoms with E-state index in [1.165, 1.54) is 0 Å². The highest BCUT2D eigenvalue weighted by Gasteiger charge is 1.87.